The maximum absolute atomic E-state index is 12.8. The predicted octanol–water partition coefficient (Wildman–Crippen LogP) is 3.50. The largest absolute Gasteiger partial charge is 0.294 e. The zero-order valence-electron chi connectivity index (χ0n) is 12.5. The first-order valence-electron chi connectivity index (χ1n) is 6.93. The third-order valence-corrected chi connectivity index (χ3v) is 3.28. The van der Waals surface area contributed by atoms with Gasteiger partial charge in [0.1, 0.15) is 0 Å². The van der Waals surface area contributed by atoms with Crippen LogP contribution in [0.2, 0.25) is 0 Å². The molecule has 0 aliphatic rings. The summed E-state index contributed by atoms with van der Waals surface area (Å²) in [4.78, 5) is 36.6. The second-order valence-electron chi connectivity index (χ2n) is 4.92. The van der Waals surface area contributed by atoms with E-state index in [-0.39, 0.29) is 16.9 Å². The summed E-state index contributed by atoms with van der Waals surface area (Å²) in [6.07, 6.45) is 0. The quantitative estimate of drug-likeness (QED) is 0.367. The van der Waals surface area contributed by atoms with Crippen LogP contribution in [0.5, 0.6) is 0 Å². The van der Waals surface area contributed by atoms with Gasteiger partial charge < -0.3 is 0 Å². The fraction of sp³-hybridized carbons (Fsp3) is 0.105. The summed E-state index contributed by atoms with van der Waals surface area (Å²) in [6, 6.07) is 17.4. The minimum absolute atomic E-state index is 0.0555. The molecule has 0 fully saturated rings. The molecule has 0 N–H and O–H groups in total. The third-order valence-electron chi connectivity index (χ3n) is 3.28. The van der Waals surface area contributed by atoms with Gasteiger partial charge in [-0.2, -0.15) is 0 Å². The summed E-state index contributed by atoms with van der Waals surface area (Å²) in [5.74, 6) is -1.14. The van der Waals surface area contributed by atoms with Crippen LogP contribution in [0.4, 0.5) is 0 Å². The van der Waals surface area contributed by atoms with Crippen molar-refractivity contribution >= 4 is 22.9 Å². The van der Waals surface area contributed by atoms with Gasteiger partial charge in [0.2, 0.25) is 0 Å². The average molecular weight is 292 g/mol. The first kappa shape index (κ1) is 15.6. The van der Waals surface area contributed by atoms with Crippen molar-refractivity contribution in [3.05, 3.63) is 77.4 Å². The molecule has 110 valence electrons. The minimum Gasteiger partial charge on any atom is -0.294 e. The molecule has 2 aromatic rings. The van der Waals surface area contributed by atoms with Crippen LogP contribution in [0, 0.1) is 0 Å². The number of rotatable bonds is 5. The number of hydrogen-bond acceptors (Lipinski definition) is 3. The lowest BCUT2D eigenvalue weighted by Gasteiger charge is -2.11. The Balaban J connectivity index is 2.72. The van der Waals surface area contributed by atoms with E-state index in [2.05, 4.69) is 0 Å². The van der Waals surface area contributed by atoms with Gasteiger partial charge in [-0.05, 0) is 19.4 Å². The summed E-state index contributed by atoms with van der Waals surface area (Å²) in [6.45, 7) is 2.61. The fourth-order valence-electron chi connectivity index (χ4n) is 2.33. The molecule has 0 heterocycles. The second-order valence-corrected chi connectivity index (χ2v) is 4.92. The summed E-state index contributed by atoms with van der Waals surface area (Å²) < 4.78 is 0. The van der Waals surface area contributed by atoms with Crippen molar-refractivity contribution < 1.29 is 14.4 Å². The van der Waals surface area contributed by atoms with E-state index in [4.69, 9.17) is 0 Å². The maximum Gasteiger partial charge on any atom is 0.194 e. The number of carbonyl (C=O) groups excluding carboxylic acids is 3. The second kappa shape index (κ2) is 6.76. The van der Waals surface area contributed by atoms with E-state index >= 15 is 0 Å². The molecule has 0 aromatic heterocycles. The maximum atomic E-state index is 12.8. The molecule has 2 aromatic carbocycles. The van der Waals surface area contributed by atoms with Crippen molar-refractivity contribution in [2.24, 2.45) is 0 Å². The SMILES string of the molecule is CC(=O)C(C(C)=O)=C(C(=O)c1ccccc1)c1ccccc1. The number of allylic oxidation sites excluding steroid dienone is 2. The average Bonchev–Trinajstić information content (AvgIpc) is 2.52. The molecule has 0 amide bonds. The Morgan fingerprint density at radius 2 is 1.05 bits per heavy atom. The Labute approximate surface area is 129 Å². The molecule has 0 aliphatic heterocycles. The molecule has 0 unspecified atom stereocenters. The standard InChI is InChI=1S/C19H16O3/c1-13(20)17(14(2)21)18(15-9-5-3-6-10-15)19(22)16-11-7-4-8-12-16/h3-12H,1-2H3. The molecular weight excluding hydrogens is 276 g/mol. The van der Waals surface area contributed by atoms with Crippen LogP contribution in [0.25, 0.3) is 5.57 Å². The van der Waals surface area contributed by atoms with Gasteiger partial charge in [0, 0.05) is 11.1 Å². The lowest BCUT2D eigenvalue weighted by molar-refractivity contribution is -0.119. The molecule has 0 spiro atoms. The van der Waals surface area contributed by atoms with Gasteiger partial charge in [-0.25, -0.2) is 0 Å². The van der Waals surface area contributed by atoms with Crippen LogP contribution in [0.1, 0.15) is 29.8 Å². The zero-order valence-corrected chi connectivity index (χ0v) is 12.5. The van der Waals surface area contributed by atoms with E-state index in [1.807, 2.05) is 6.07 Å². The predicted molar refractivity (Wildman–Crippen MR) is 85.5 cm³/mol. The van der Waals surface area contributed by atoms with Crippen LogP contribution in [-0.4, -0.2) is 17.3 Å². The van der Waals surface area contributed by atoms with Crippen molar-refractivity contribution in [3.8, 4) is 0 Å². The van der Waals surface area contributed by atoms with Gasteiger partial charge in [-0.1, -0.05) is 60.7 Å². The molecule has 3 heteroatoms. The first-order valence-corrected chi connectivity index (χ1v) is 6.93. The lowest BCUT2D eigenvalue weighted by Crippen LogP contribution is -2.15. The third kappa shape index (κ3) is 3.26. The van der Waals surface area contributed by atoms with Crippen LogP contribution >= 0.6 is 0 Å². The van der Waals surface area contributed by atoms with Crippen molar-refractivity contribution in [1.29, 1.82) is 0 Å². The number of carbonyl (C=O) groups is 3. The van der Waals surface area contributed by atoms with Gasteiger partial charge in [-0.15, -0.1) is 0 Å². The Bertz CT molecular complexity index is 725. The topological polar surface area (TPSA) is 51.2 Å². The van der Waals surface area contributed by atoms with Crippen molar-refractivity contribution in [2.45, 2.75) is 13.8 Å². The zero-order chi connectivity index (χ0) is 16.1. The van der Waals surface area contributed by atoms with Gasteiger partial charge >= 0.3 is 0 Å². The van der Waals surface area contributed by atoms with Crippen LogP contribution in [-0.2, 0) is 9.59 Å². The monoisotopic (exact) mass is 292 g/mol. The van der Waals surface area contributed by atoms with Crippen LogP contribution < -0.4 is 0 Å². The minimum atomic E-state index is -0.407. The molecule has 0 radical (unpaired) electrons. The highest BCUT2D eigenvalue weighted by atomic mass is 16.2. The van der Waals surface area contributed by atoms with Gasteiger partial charge in [-0.3, -0.25) is 14.4 Å². The molecule has 0 bridgehead atoms. The first-order chi connectivity index (χ1) is 10.5. The summed E-state index contributed by atoms with van der Waals surface area (Å²) in [7, 11) is 0. The van der Waals surface area contributed by atoms with Gasteiger partial charge in [0.25, 0.3) is 0 Å². The van der Waals surface area contributed by atoms with E-state index < -0.39 is 11.6 Å². The number of benzene rings is 2. The number of Topliss-reactive ketones (excluding diaryl/α,β-unsaturated/α-hetero) is 3. The Morgan fingerprint density at radius 1 is 0.636 bits per heavy atom. The highest BCUT2D eigenvalue weighted by Crippen LogP contribution is 2.25. The number of hydrogen-bond donors (Lipinski definition) is 0. The molecule has 0 atom stereocenters. The Kier molecular flexibility index (Phi) is 4.79. The number of ketones is 3. The molecule has 2 rings (SSSR count). The van der Waals surface area contributed by atoms with E-state index in [1.165, 1.54) is 13.8 Å². The van der Waals surface area contributed by atoms with Crippen LogP contribution in [0.15, 0.2) is 66.2 Å². The van der Waals surface area contributed by atoms with Crippen LogP contribution in [0.3, 0.4) is 0 Å². The summed E-state index contributed by atoms with van der Waals surface area (Å²) in [5.41, 5.74) is 1.12. The van der Waals surface area contributed by atoms with Gasteiger partial charge in [0.15, 0.2) is 17.3 Å². The fourth-order valence-corrected chi connectivity index (χ4v) is 2.33. The Hall–Kier alpha value is -2.81. The van der Waals surface area contributed by atoms with Crippen molar-refractivity contribution in [3.63, 3.8) is 0 Å². The van der Waals surface area contributed by atoms with Crippen molar-refractivity contribution in [1.82, 2.24) is 0 Å². The molecular formula is C19H16O3. The molecule has 0 saturated heterocycles. The van der Waals surface area contributed by atoms with Crippen molar-refractivity contribution in [2.75, 3.05) is 0 Å². The lowest BCUT2D eigenvalue weighted by atomic mass is 9.89. The molecule has 3 nitrogen and oxygen atoms in total. The highest BCUT2D eigenvalue weighted by Gasteiger charge is 2.24. The molecule has 0 aliphatic carbocycles. The molecule has 22 heavy (non-hydrogen) atoms. The van der Waals surface area contributed by atoms with E-state index in [1.54, 1.807) is 54.6 Å². The van der Waals surface area contributed by atoms with Gasteiger partial charge in [0.05, 0.1) is 5.57 Å². The summed E-state index contributed by atoms with van der Waals surface area (Å²) >= 11 is 0. The highest BCUT2D eigenvalue weighted by molar-refractivity contribution is 6.39. The molecule has 0 saturated carbocycles. The Morgan fingerprint density at radius 3 is 1.45 bits per heavy atom. The smallest absolute Gasteiger partial charge is 0.194 e. The van der Waals surface area contributed by atoms with E-state index in [9.17, 15) is 14.4 Å². The van der Waals surface area contributed by atoms with E-state index in [0.29, 0.717) is 11.1 Å². The summed E-state index contributed by atoms with van der Waals surface area (Å²) in [5, 5.41) is 0. The normalized spacial score (nSPS) is 9.91. The van der Waals surface area contributed by atoms with E-state index in [0.717, 1.165) is 0 Å².